The van der Waals surface area contributed by atoms with E-state index < -0.39 is 5.97 Å². The van der Waals surface area contributed by atoms with E-state index in [0.29, 0.717) is 10.7 Å². The molecule has 0 spiro atoms. The zero-order valence-electron chi connectivity index (χ0n) is 11.0. The Bertz CT molecular complexity index is 630. The summed E-state index contributed by atoms with van der Waals surface area (Å²) in [5.41, 5.74) is 0.492. The second-order valence-corrected chi connectivity index (χ2v) is 5.41. The van der Waals surface area contributed by atoms with E-state index >= 15 is 0 Å². The maximum atomic E-state index is 11.8. The van der Waals surface area contributed by atoms with Gasteiger partial charge in [0.2, 0.25) is 4.96 Å². The van der Waals surface area contributed by atoms with Gasteiger partial charge in [-0.2, -0.15) is 5.10 Å². The Morgan fingerprint density at radius 3 is 3.15 bits per heavy atom. The Hall–Kier alpha value is -1.51. The van der Waals surface area contributed by atoms with E-state index in [1.54, 1.807) is 6.92 Å². The second kappa shape index (κ2) is 5.47. The summed E-state index contributed by atoms with van der Waals surface area (Å²) in [6, 6.07) is 0. The fraction of sp³-hybridized carbons (Fsp3) is 0.583. The molecule has 1 N–H and O–H groups in total. The minimum Gasteiger partial charge on any atom is -0.461 e. The van der Waals surface area contributed by atoms with Gasteiger partial charge in [0, 0.05) is 6.61 Å². The molecule has 8 heteroatoms. The zero-order valence-corrected chi connectivity index (χ0v) is 11.9. The van der Waals surface area contributed by atoms with E-state index in [1.165, 1.54) is 15.9 Å². The van der Waals surface area contributed by atoms with Crippen molar-refractivity contribution in [2.75, 3.05) is 13.2 Å². The number of rotatable bonds is 4. The number of nitrogens with zero attached hydrogens (tertiary/aromatic N) is 3. The van der Waals surface area contributed by atoms with Gasteiger partial charge >= 0.3 is 5.97 Å². The van der Waals surface area contributed by atoms with Crippen molar-refractivity contribution >= 4 is 22.3 Å². The molecule has 0 radical (unpaired) electrons. The normalized spacial score (nSPS) is 18.8. The van der Waals surface area contributed by atoms with E-state index in [2.05, 4.69) is 10.1 Å². The molecule has 1 unspecified atom stereocenters. The standard InChI is InChI=1S/C12H15N3O4S/c1-2-18-11(17)9-7(6-16)15-12(13-9)20-10(14-15)8-4-3-5-19-8/h8,16H,2-6H2,1H3. The van der Waals surface area contributed by atoms with Crippen LogP contribution in [0.3, 0.4) is 0 Å². The van der Waals surface area contributed by atoms with Gasteiger partial charge in [-0.25, -0.2) is 14.3 Å². The highest BCUT2D eigenvalue weighted by Crippen LogP contribution is 2.32. The lowest BCUT2D eigenvalue weighted by Gasteiger charge is -2.03. The number of aliphatic hydroxyl groups is 1. The largest absolute Gasteiger partial charge is 0.461 e. The van der Waals surface area contributed by atoms with Gasteiger partial charge in [0.25, 0.3) is 0 Å². The monoisotopic (exact) mass is 297 g/mol. The minimum atomic E-state index is -0.534. The third-order valence-corrected chi connectivity index (χ3v) is 4.14. The van der Waals surface area contributed by atoms with Crippen LogP contribution in [0.15, 0.2) is 0 Å². The number of ether oxygens (including phenoxy) is 2. The molecule has 2 aromatic rings. The number of hydrogen-bond donors (Lipinski definition) is 1. The molecule has 3 rings (SSSR count). The second-order valence-electron chi connectivity index (χ2n) is 4.42. The lowest BCUT2D eigenvalue weighted by Crippen LogP contribution is -2.09. The third kappa shape index (κ3) is 2.19. The van der Waals surface area contributed by atoms with E-state index in [9.17, 15) is 9.90 Å². The molecular weight excluding hydrogens is 282 g/mol. The van der Waals surface area contributed by atoms with Gasteiger partial charge in [0.15, 0.2) is 5.69 Å². The highest BCUT2D eigenvalue weighted by atomic mass is 32.1. The van der Waals surface area contributed by atoms with Crippen LogP contribution in [0.2, 0.25) is 0 Å². The van der Waals surface area contributed by atoms with Crippen molar-refractivity contribution in [2.45, 2.75) is 32.5 Å². The highest BCUT2D eigenvalue weighted by Gasteiger charge is 2.26. The first-order valence-electron chi connectivity index (χ1n) is 6.52. The topological polar surface area (TPSA) is 86.0 Å². The fourth-order valence-electron chi connectivity index (χ4n) is 2.21. The fourth-order valence-corrected chi connectivity index (χ4v) is 3.21. The average Bonchev–Trinajstić information content (AvgIpc) is 3.13. The summed E-state index contributed by atoms with van der Waals surface area (Å²) in [4.78, 5) is 16.6. The number of aliphatic hydroxyl groups excluding tert-OH is 1. The van der Waals surface area contributed by atoms with E-state index in [0.717, 1.165) is 24.5 Å². The van der Waals surface area contributed by atoms with E-state index in [-0.39, 0.29) is 25.0 Å². The summed E-state index contributed by atoms with van der Waals surface area (Å²) in [7, 11) is 0. The molecule has 1 saturated heterocycles. The number of esters is 1. The Morgan fingerprint density at radius 2 is 2.50 bits per heavy atom. The Morgan fingerprint density at radius 1 is 1.65 bits per heavy atom. The minimum absolute atomic E-state index is 0.000661. The summed E-state index contributed by atoms with van der Waals surface area (Å²) in [6.45, 7) is 2.42. The summed E-state index contributed by atoms with van der Waals surface area (Å²) < 4.78 is 12.0. The Labute approximate surface area is 119 Å². The first kappa shape index (κ1) is 13.5. The lowest BCUT2D eigenvalue weighted by molar-refractivity contribution is 0.0516. The van der Waals surface area contributed by atoms with Crippen LogP contribution in [-0.2, 0) is 16.1 Å². The number of imidazole rings is 1. The van der Waals surface area contributed by atoms with Crippen molar-refractivity contribution in [1.82, 2.24) is 14.6 Å². The van der Waals surface area contributed by atoms with Crippen molar-refractivity contribution in [3.63, 3.8) is 0 Å². The first-order chi connectivity index (χ1) is 9.74. The van der Waals surface area contributed by atoms with Crippen LogP contribution in [0.4, 0.5) is 0 Å². The zero-order chi connectivity index (χ0) is 14.1. The van der Waals surface area contributed by atoms with Gasteiger partial charge in [-0.15, -0.1) is 0 Å². The molecule has 7 nitrogen and oxygen atoms in total. The van der Waals surface area contributed by atoms with Crippen LogP contribution in [0.5, 0.6) is 0 Å². The summed E-state index contributed by atoms with van der Waals surface area (Å²) in [5.74, 6) is -0.534. The van der Waals surface area contributed by atoms with Crippen molar-refractivity contribution in [2.24, 2.45) is 0 Å². The van der Waals surface area contributed by atoms with Crippen LogP contribution in [0.25, 0.3) is 4.96 Å². The van der Waals surface area contributed by atoms with Gasteiger partial charge in [-0.1, -0.05) is 11.3 Å². The van der Waals surface area contributed by atoms with Crippen LogP contribution in [-0.4, -0.2) is 38.9 Å². The molecule has 0 amide bonds. The molecule has 108 valence electrons. The molecule has 2 aromatic heterocycles. The van der Waals surface area contributed by atoms with Crippen molar-refractivity contribution in [3.05, 3.63) is 16.4 Å². The predicted molar refractivity (Wildman–Crippen MR) is 70.7 cm³/mol. The maximum absolute atomic E-state index is 11.8. The summed E-state index contributed by atoms with van der Waals surface area (Å²) in [5, 5.41) is 14.7. The van der Waals surface area contributed by atoms with Crippen molar-refractivity contribution < 1.29 is 19.4 Å². The quantitative estimate of drug-likeness (QED) is 0.856. The van der Waals surface area contributed by atoms with Crippen LogP contribution in [0.1, 0.15) is 47.1 Å². The molecule has 1 atom stereocenters. The van der Waals surface area contributed by atoms with Crippen molar-refractivity contribution in [1.29, 1.82) is 0 Å². The lowest BCUT2D eigenvalue weighted by atomic mass is 10.2. The number of fused-ring (bicyclic) bond motifs is 1. The first-order valence-corrected chi connectivity index (χ1v) is 7.34. The molecule has 1 fully saturated rings. The number of carbonyl (C=O) groups excluding carboxylic acids is 1. The smallest absolute Gasteiger partial charge is 0.359 e. The summed E-state index contributed by atoms with van der Waals surface area (Å²) in [6.07, 6.45) is 1.96. The van der Waals surface area contributed by atoms with Gasteiger partial charge in [0.05, 0.1) is 13.2 Å². The molecule has 1 aliphatic heterocycles. The average molecular weight is 297 g/mol. The van der Waals surface area contributed by atoms with Crippen molar-refractivity contribution in [3.8, 4) is 0 Å². The third-order valence-electron chi connectivity index (χ3n) is 3.14. The van der Waals surface area contributed by atoms with Crippen LogP contribution < -0.4 is 0 Å². The predicted octanol–water partition coefficient (Wildman–Crippen LogP) is 1.31. The molecule has 0 bridgehead atoms. The number of carbonyl (C=O) groups is 1. The van der Waals surface area contributed by atoms with Gasteiger partial charge < -0.3 is 14.6 Å². The Kier molecular flexibility index (Phi) is 3.68. The molecule has 0 aliphatic carbocycles. The van der Waals surface area contributed by atoms with Crippen LogP contribution >= 0.6 is 11.3 Å². The van der Waals surface area contributed by atoms with E-state index in [4.69, 9.17) is 9.47 Å². The SMILES string of the molecule is CCOC(=O)c1nc2sc(C3CCCO3)nn2c1CO. The molecule has 1 aliphatic rings. The summed E-state index contributed by atoms with van der Waals surface area (Å²) >= 11 is 1.38. The number of aromatic nitrogens is 3. The molecule has 0 aromatic carbocycles. The van der Waals surface area contributed by atoms with Gasteiger partial charge in [0.1, 0.15) is 16.8 Å². The molecule has 20 heavy (non-hydrogen) atoms. The van der Waals surface area contributed by atoms with E-state index in [1.807, 2.05) is 0 Å². The molecular formula is C12H15N3O4S. The van der Waals surface area contributed by atoms with Gasteiger partial charge in [-0.3, -0.25) is 0 Å². The molecule has 3 heterocycles. The van der Waals surface area contributed by atoms with Gasteiger partial charge in [-0.05, 0) is 19.8 Å². The highest BCUT2D eigenvalue weighted by molar-refractivity contribution is 7.16. The Balaban J connectivity index is 1.99. The van der Waals surface area contributed by atoms with Crippen LogP contribution in [0, 0.1) is 0 Å². The molecule has 0 saturated carbocycles. The number of hydrogen-bond acceptors (Lipinski definition) is 7. The maximum Gasteiger partial charge on any atom is 0.359 e.